The highest BCUT2D eigenvalue weighted by Gasteiger charge is 2.23. The van der Waals surface area contributed by atoms with E-state index >= 15 is 0 Å². The minimum Gasteiger partial charge on any atom is -0.279 e. The Kier molecular flexibility index (Phi) is 3.48. The van der Waals surface area contributed by atoms with Crippen molar-refractivity contribution in [1.82, 2.24) is 18.3 Å². The number of aromatic nitrogens is 4. The van der Waals surface area contributed by atoms with Crippen molar-refractivity contribution < 1.29 is 8.42 Å². The Balaban J connectivity index is 2.34. The molecule has 2 aromatic heterocycles. The molecule has 0 saturated heterocycles. The quantitative estimate of drug-likeness (QED) is 0.663. The molecular weight excluding hydrogens is 332 g/mol. The van der Waals surface area contributed by atoms with Crippen molar-refractivity contribution >= 4 is 21.1 Å². The van der Waals surface area contributed by atoms with Gasteiger partial charge in [0.05, 0.1) is 11.1 Å². The van der Waals surface area contributed by atoms with Crippen molar-refractivity contribution in [2.24, 2.45) is 14.1 Å². The van der Waals surface area contributed by atoms with Crippen LogP contribution in [0.2, 0.25) is 0 Å². The summed E-state index contributed by atoms with van der Waals surface area (Å²) in [6.07, 6.45) is 1.14. The Hall–Kier alpha value is -2.68. The van der Waals surface area contributed by atoms with Crippen molar-refractivity contribution in [3.05, 3.63) is 56.4 Å². The first kappa shape index (κ1) is 16.2. The topological polar surface area (TPSA) is 96.0 Å². The number of hydrogen-bond donors (Lipinski definition) is 0. The van der Waals surface area contributed by atoms with E-state index in [2.05, 4.69) is 5.10 Å². The molecule has 8 nitrogen and oxygen atoms in total. The van der Waals surface area contributed by atoms with Crippen LogP contribution in [-0.2, 0) is 24.1 Å². The van der Waals surface area contributed by atoms with Gasteiger partial charge in [0.1, 0.15) is 5.39 Å². The molecule has 0 N–H and O–H groups in total. The van der Waals surface area contributed by atoms with Gasteiger partial charge in [0.25, 0.3) is 15.6 Å². The van der Waals surface area contributed by atoms with Crippen molar-refractivity contribution in [1.29, 1.82) is 0 Å². The zero-order chi connectivity index (χ0) is 17.8. The number of fused-ring (bicyclic) bond motifs is 1. The highest BCUT2D eigenvalue weighted by molar-refractivity contribution is 7.89. The van der Waals surface area contributed by atoms with Gasteiger partial charge in [0, 0.05) is 14.1 Å². The van der Waals surface area contributed by atoms with Gasteiger partial charge in [-0.1, -0.05) is 17.7 Å². The molecule has 0 aliphatic carbocycles. The molecule has 0 saturated carbocycles. The molecule has 0 amide bonds. The normalized spacial score (nSPS) is 12.0. The van der Waals surface area contributed by atoms with Crippen LogP contribution in [0.5, 0.6) is 0 Å². The number of nitrogens with zero attached hydrogens (tertiary/aromatic N) is 4. The number of hydrogen-bond acceptors (Lipinski definition) is 5. The molecule has 9 heteroatoms. The van der Waals surface area contributed by atoms with Gasteiger partial charge in [-0.2, -0.15) is 12.5 Å². The molecule has 0 fully saturated rings. The second kappa shape index (κ2) is 5.17. The third kappa shape index (κ3) is 2.20. The lowest BCUT2D eigenvalue weighted by molar-refractivity contribution is 0.579. The third-order valence-electron chi connectivity index (χ3n) is 3.95. The van der Waals surface area contributed by atoms with Crippen LogP contribution in [0.15, 0.2) is 38.9 Å². The number of benzene rings is 1. The Bertz CT molecular complexity index is 1200. The average molecular weight is 348 g/mol. The predicted octanol–water partition coefficient (Wildman–Crippen LogP) is 0.288. The molecule has 0 aliphatic rings. The molecular formula is C15H16N4O4S. The lowest BCUT2D eigenvalue weighted by Gasteiger charge is -2.08. The largest absolute Gasteiger partial charge is 0.332 e. The van der Waals surface area contributed by atoms with E-state index in [9.17, 15) is 18.0 Å². The maximum absolute atomic E-state index is 12.8. The maximum Gasteiger partial charge on any atom is 0.332 e. The number of aryl methyl sites for hydroxylation is 3. The van der Waals surface area contributed by atoms with E-state index in [1.807, 2.05) is 6.92 Å². The Morgan fingerprint density at radius 1 is 1.04 bits per heavy atom. The molecule has 0 unspecified atom stereocenters. The fourth-order valence-corrected chi connectivity index (χ4v) is 3.98. The van der Waals surface area contributed by atoms with E-state index in [0.717, 1.165) is 25.0 Å². The van der Waals surface area contributed by atoms with E-state index in [4.69, 9.17) is 0 Å². The standard InChI is InChI=1S/C15H16N4O4S/c1-9-5-6-12(10(2)7-9)24(22,23)19-8-11-13(16-19)17(3)15(21)18(4)14(11)20/h5-8H,1-4H3. The lowest BCUT2D eigenvalue weighted by Crippen LogP contribution is -2.36. The van der Waals surface area contributed by atoms with Gasteiger partial charge in [0.15, 0.2) is 5.65 Å². The van der Waals surface area contributed by atoms with Gasteiger partial charge in [-0.3, -0.25) is 13.9 Å². The SMILES string of the molecule is Cc1ccc(S(=O)(=O)n2cc3c(=O)n(C)c(=O)n(C)c3n2)c(C)c1. The first-order valence-electron chi connectivity index (χ1n) is 7.13. The summed E-state index contributed by atoms with van der Waals surface area (Å²) in [6.45, 7) is 3.56. The van der Waals surface area contributed by atoms with E-state index in [1.165, 1.54) is 20.2 Å². The lowest BCUT2D eigenvalue weighted by atomic mass is 10.2. The van der Waals surface area contributed by atoms with Crippen LogP contribution in [0.25, 0.3) is 11.0 Å². The Labute approximate surface area is 137 Å². The van der Waals surface area contributed by atoms with Gasteiger partial charge in [-0.25, -0.2) is 4.79 Å². The Morgan fingerprint density at radius 2 is 1.71 bits per heavy atom. The average Bonchev–Trinajstić information content (AvgIpc) is 2.96. The van der Waals surface area contributed by atoms with Crippen LogP contribution in [0.3, 0.4) is 0 Å². The minimum atomic E-state index is -3.97. The number of rotatable bonds is 2. The minimum absolute atomic E-state index is 0.0245. The van der Waals surface area contributed by atoms with Crippen LogP contribution >= 0.6 is 0 Å². The summed E-state index contributed by atoms with van der Waals surface area (Å²) in [5.74, 6) is 0. The van der Waals surface area contributed by atoms with Crippen LogP contribution in [0, 0.1) is 13.8 Å². The molecule has 0 spiro atoms. The van der Waals surface area contributed by atoms with E-state index in [0.29, 0.717) is 5.56 Å². The van der Waals surface area contributed by atoms with E-state index < -0.39 is 21.3 Å². The van der Waals surface area contributed by atoms with Gasteiger partial charge < -0.3 is 0 Å². The summed E-state index contributed by atoms with van der Waals surface area (Å²) in [5, 5.41) is 4.03. The molecule has 0 bridgehead atoms. The van der Waals surface area contributed by atoms with Crippen LogP contribution in [-0.4, -0.2) is 26.7 Å². The van der Waals surface area contributed by atoms with Crippen LogP contribution < -0.4 is 11.2 Å². The third-order valence-corrected chi connectivity index (χ3v) is 5.65. The van der Waals surface area contributed by atoms with Crippen molar-refractivity contribution in [3.8, 4) is 0 Å². The summed E-state index contributed by atoms with van der Waals surface area (Å²) in [7, 11) is -1.20. The maximum atomic E-state index is 12.8. The van der Waals surface area contributed by atoms with Crippen LogP contribution in [0.4, 0.5) is 0 Å². The molecule has 126 valence electrons. The Morgan fingerprint density at radius 3 is 2.33 bits per heavy atom. The van der Waals surface area contributed by atoms with Gasteiger partial charge in [-0.05, 0) is 25.5 Å². The molecule has 1 aromatic carbocycles. The van der Waals surface area contributed by atoms with Crippen LogP contribution in [0.1, 0.15) is 11.1 Å². The molecule has 3 rings (SSSR count). The fourth-order valence-electron chi connectivity index (χ4n) is 2.64. The van der Waals surface area contributed by atoms with Gasteiger partial charge >= 0.3 is 5.69 Å². The highest BCUT2D eigenvalue weighted by atomic mass is 32.2. The first-order chi connectivity index (χ1) is 11.1. The second-order valence-corrected chi connectivity index (χ2v) is 7.48. The first-order valence-corrected chi connectivity index (χ1v) is 8.57. The summed E-state index contributed by atoms with van der Waals surface area (Å²) in [5.41, 5.74) is 0.387. The van der Waals surface area contributed by atoms with E-state index in [1.54, 1.807) is 19.1 Å². The molecule has 24 heavy (non-hydrogen) atoms. The summed E-state index contributed by atoms with van der Waals surface area (Å²) in [4.78, 5) is 24.2. The van der Waals surface area contributed by atoms with E-state index in [-0.39, 0.29) is 15.9 Å². The predicted molar refractivity (Wildman–Crippen MR) is 88.7 cm³/mol. The second-order valence-electron chi connectivity index (χ2n) is 5.72. The smallest absolute Gasteiger partial charge is 0.279 e. The molecule has 2 heterocycles. The van der Waals surface area contributed by atoms with Crippen molar-refractivity contribution in [2.75, 3.05) is 0 Å². The van der Waals surface area contributed by atoms with Crippen molar-refractivity contribution in [2.45, 2.75) is 18.7 Å². The summed E-state index contributed by atoms with van der Waals surface area (Å²) >= 11 is 0. The fraction of sp³-hybridized carbons (Fsp3) is 0.267. The zero-order valence-corrected chi connectivity index (χ0v) is 14.5. The molecule has 0 aliphatic heterocycles. The highest BCUT2D eigenvalue weighted by Crippen LogP contribution is 2.20. The molecule has 3 aromatic rings. The van der Waals surface area contributed by atoms with Crippen molar-refractivity contribution in [3.63, 3.8) is 0 Å². The zero-order valence-electron chi connectivity index (χ0n) is 13.6. The summed E-state index contributed by atoms with van der Waals surface area (Å²) < 4.78 is 28.5. The van der Waals surface area contributed by atoms with Gasteiger partial charge in [-0.15, -0.1) is 5.10 Å². The molecule has 0 atom stereocenters. The molecule has 0 radical (unpaired) electrons. The summed E-state index contributed by atoms with van der Waals surface area (Å²) in [6, 6.07) is 4.95. The monoisotopic (exact) mass is 348 g/mol. The van der Waals surface area contributed by atoms with Gasteiger partial charge in [0.2, 0.25) is 0 Å².